The molecule has 0 saturated carbocycles. The van der Waals surface area contributed by atoms with Gasteiger partial charge in [-0.05, 0) is 71.3 Å². The second-order valence-corrected chi connectivity index (χ2v) is 13.0. The summed E-state index contributed by atoms with van der Waals surface area (Å²) in [5.41, 5.74) is 3.99. The van der Waals surface area contributed by atoms with Crippen LogP contribution in [0.5, 0.6) is 0 Å². The zero-order chi connectivity index (χ0) is 31.2. The maximum Gasteiger partial charge on any atom is 0.416 e. The number of nitrogens with zero attached hydrogens (tertiary/aromatic N) is 3. The van der Waals surface area contributed by atoms with Gasteiger partial charge in [0.15, 0.2) is 5.78 Å². The highest BCUT2D eigenvalue weighted by Crippen LogP contribution is 2.33. The number of Topliss-reactive ketones (excluding diaryl/α,β-unsaturated/α-hetero) is 1. The van der Waals surface area contributed by atoms with Gasteiger partial charge in [-0.2, -0.15) is 13.2 Å². The molecule has 0 aliphatic carbocycles. The summed E-state index contributed by atoms with van der Waals surface area (Å²) in [7, 11) is -3.70. The summed E-state index contributed by atoms with van der Waals surface area (Å²) in [6, 6.07) is 24.4. The molecule has 1 fully saturated rings. The Kier molecular flexibility index (Phi) is 7.77. The lowest BCUT2D eigenvalue weighted by Crippen LogP contribution is -2.25. The van der Waals surface area contributed by atoms with Gasteiger partial charge in [-0.15, -0.1) is 0 Å². The standard InChI is InChI=1S/C32H22Cl2F3N3O3S/c33-24-9-14-28(29(34)16-24)30-18-39(25-10-12-26(13-11-25)40-17-27(41)19-44(40,42)43)31(38-30)15-20-1-3-21(4-2-20)22-5-7-23(8-6-22)32(35,36)37/h1-14,16,18H,15,17,19H2. The molecule has 0 atom stereocenters. The quantitative estimate of drug-likeness (QED) is 0.187. The molecule has 5 aromatic rings. The van der Waals surface area contributed by atoms with Crippen molar-refractivity contribution in [2.24, 2.45) is 0 Å². The zero-order valence-corrected chi connectivity index (χ0v) is 25.1. The summed E-state index contributed by atoms with van der Waals surface area (Å²) in [4.78, 5) is 16.7. The molecule has 1 aliphatic heterocycles. The fourth-order valence-electron chi connectivity index (χ4n) is 5.06. The Hall–Kier alpha value is -4.12. The number of carbonyl (C=O) groups excluding carboxylic acids is 1. The number of aromatic nitrogens is 2. The number of rotatable bonds is 6. The Morgan fingerprint density at radius 1 is 0.818 bits per heavy atom. The van der Waals surface area contributed by atoms with Crippen LogP contribution < -0.4 is 4.31 Å². The molecule has 224 valence electrons. The van der Waals surface area contributed by atoms with Crippen molar-refractivity contribution in [3.05, 3.63) is 124 Å². The molecule has 0 bridgehead atoms. The van der Waals surface area contributed by atoms with Crippen LogP contribution in [0.2, 0.25) is 10.0 Å². The van der Waals surface area contributed by atoms with Gasteiger partial charge in [0, 0.05) is 28.9 Å². The molecule has 0 unspecified atom stereocenters. The van der Waals surface area contributed by atoms with Crippen molar-refractivity contribution in [1.82, 2.24) is 9.55 Å². The zero-order valence-electron chi connectivity index (χ0n) is 22.7. The van der Waals surface area contributed by atoms with E-state index in [1.54, 1.807) is 42.5 Å². The highest BCUT2D eigenvalue weighted by atomic mass is 35.5. The first kappa shape index (κ1) is 29.9. The van der Waals surface area contributed by atoms with Crippen LogP contribution in [0, 0.1) is 0 Å². The summed E-state index contributed by atoms with van der Waals surface area (Å²) in [6.45, 7) is -0.195. The third kappa shape index (κ3) is 6.10. The number of hydrogen-bond acceptors (Lipinski definition) is 4. The SMILES string of the molecule is O=C1CN(c2ccc(-n3cc(-c4ccc(Cl)cc4Cl)nc3Cc3ccc(-c4ccc(C(F)(F)F)cc4)cc3)cc2)S(=O)(=O)C1. The van der Waals surface area contributed by atoms with Gasteiger partial charge in [-0.3, -0.25) is 9.10 Å². The molecule has 1 aliphatic rings. The van der Waals surface area contributed by atoms with Gasteiger partial charge in [0.2, 0.25) is 10.0 Å². The lowest BCUT2D eigenvalue weighted by Gasteiger charge is -2.16. The topological polar surface area (TPSA) is 72.3 Å². The summed E-state index contributed by atoms with van der Waals surface area (Å²) >= 11 is 12.6. The van der Waals surface area contributed by atoms with Crippen LogP contribution in [0.4, 0.5) is 18.9 Å². The number of anilines is 1. The van der Waals surface area contributed by atoms with Gasteiger partial charge in [0.05, 0.1) is 28.5 Å². The van der Waals surface area contributed by atoms with Crippen molar-refractivity contribution in [1.29, 1.82) is 0 Å². The molecule has 12 heteroatoms. The van der Waals surface area contributed by atoms with Crippen LogP contribution in [0.15, 0.2) is 97.2 Å². The molecule has 6 rings (SSSR count). The summed E-state index contributed by atoms with van der Waals surface area (Å²) in [6.07, 6.45) is -2.17. The normalized spacial score (nSPS) is 14.8. The third-order valence-corrected chi connectivity index (χ3v) is 9.51. The Morgan fingerprint density at radius 2 is 1.43 bits per heavy atom. The number of alkyl halides is 3. The second kappa shape index (κ2) is 11.4. The molecule has 6 nitrogen and oxygen atoms in total. The monoisotopic (exact) mass is 655 g/mol. The lowest BCUT2D eigenvalue weighted by atomic mass is 10.0. The minimum atomic E-state index is -4.40. The molecular formula is C32H22Cl2F3N3O3S. The molecule has 1 saturated heterocycles. The molecule has 0 spiro atoms. The Morgan fingerprint density at radius 3 is 2.00 bits per heavy atom. The maximum absolute atomic E-state index is 13.0. The number of benzene rings is 4. The van der Waals surface area contributed by atoms with Gasteiger partial charge < -0.3 is 4.57 Å². The van der Waals surface area contributed by atoms with Gasteiger partial charge in [0.1, 0.15) is 11.6 Å². The van der Waals surface area contributed by atoms with Crippen molar-refractivity contribution < 1.29 is 26.4 Å². The predicted molar refractivity (Wildman–Crippen MR) is 165 cm³/mol. The van der Waals surface area contributed by atoms with Crippen LogP contribution in [0.1, 0.15) is 17.0 Å². The van der Waals surface area contributed by atoms with E-state index >= 15 is 0 Å². The van der Waals surface area contributed by atoms with E-state index in [1.807, 2.05) is 35.0 Å². The smallest absolute Gasteiger partial charge is 0.303 e. The van der Waals surface area contributed by atoms with Gasteiger partial charge in [-0.25, -0.2) is 13.4 Å². The first-order valence-corrected chi connectivity index (χ1v) is 15.7. The van der Waals surface area contributed by atoms with Gasteiger partial charge in [0.25, 0.3) is 0 Å². The van der Waals surface area contributed by atoms with E-state index in [9.17, 15) is 26.4 Å². The van der Waals surface area contributed by atoms with Gasteiger partial charge >= 0.3 is 6.18 Å². The van der Waals surface area contributed by atoms with E-state index in [0.717, 1.165) is 27.6 Å². The number of halogens is 5. The predicted octanol–water partition coefficient (Wildman–Crippen LogP) is 7.84. The maximum atomic E-state index is 13.0. The fourth-order valence-corrected chi connectivity index (χ4v) is 7.00. The molecule has 1 aromatic heterocycles. The summed E-state index contributed by atoms with van der Waals surface area (Å²) in [5, 5.41) is 0.909. The Bertz CT molecular complexity index is 1980. The van der Waals surface area contributed by atoms with Crippen molar-refractivity contribution in [3.8, 4) is 28.1 Å². The van der Waals surface area contributed by atoms with E-state index in [1.165, 1.54) is 12.1 Å². The highest BCUT2D eigenvalue weighted by molar-refractivity contribution is 7.94. The van der Waals surface area contributed by atoms with E-state index in [0.29, 0.717) is 50.5 Å². The lowest BCUT2D eigenvalue weighted by molar-refractivity contribution is -0.137. The van der Waals surface area contributed by atoms with E-state index < -0.39 is 27.5 Å². The Balaban J connectivity index is 1.32. The molecule has 44 heavy (non-hydrogen) atoms. The van der Waals surface area contributed by atoms with E-state index in [-0.39, 0.29) is 12.3 Å². The minimum absolute atomic E-state index is 0.195. The number of hydrogen-bond donors (Lipinski definition) is 0. The van der Waals surface area contributed by atoms with E-state index in [2.05, 4.69) is 0 Å². The first-order valence-electron chi connectivity index (χ1n) is 13.3. The highest BCUT2D eigenvalue weighted by Gasteiger charge is 2.34. The van der Waals surface area contributed by atoms with Crippen LogP contribution in [-0.2, 0) is 27.4 Å². The van der Waals surface area contributed by atoms with Crippen LogP contribution in [0.25, 0.3) is 28.1 Å². The molecule has 0 radical (unpaired) electrons. The van der Waals surface area contributed by atoms with Crippen molar-refractivity contribution in [3.63, 3.8) is 0 Å². The van der Waals surface area contributed by atoms with Crippen molar-refractivity contribution in [2.75, 3.05) is 16.6 Å². The van der Waals surface area contributed by atoms with E-state index in [4.69, 9.17) is 28.2 Å². The van der Waals surface area contributed by atoms with Crippen LogP contribution in [0.3, 0.4) is 0 Å². The summed E-state index contributed by atoms with van der Waals surface area (Å²) in [5.74, 6) is -0.214. The first-order chi connectivity index (χ1) is 20.9. The van der Waals surface area contributed by atoms with Crippen LogP contribution >= 0.6 is 23.2 Å². The number of ketones is 1. The van der Waals surface area contributed by atoms with Crippen LogP contribution in [-0.4, -0.2) is 36.0 Å². The van der Waals surface area contributed by atoms with Gasteiger partial charge in [-0.1, -0.05) is 59.6 Å². The molecule has 2 heterocycles. The van der Waals surface area contributed by atoms with Crippen molar-refractivity contribution in [2.45, 2.75) is 12.6 Å². The molecule has 4 aromatic carbocycles. The Labute approximate surface area is 261 Å². The fraction of sp³-hybridized carbons (Fsp3) is 0.125. The third-order valence-electron chi connectivity index (χ3n) is 7.26. The molecular weight excluding hydrogens is 634 g/mol. The molecule has 0 amide bonds. The number of imidazole rings is 1. The minimum Gasteiger partial charge on any atom is -0.303 e. The summed E-state index contributed by atoms with van der Waals surface area (Å²) < 4.78 is 66.6. The average molecular weight is 657 g/mol. The average Bonchev–Trinajstić information content (AvgIpc) is 3.51. The molecule has 0 N–H and O–H groups in total. The second-order valence-electron chi connectivity index (χ2n) is 10.3. The van der Waals surface area contributed by atoms with Crippen molar-refractivity contribution >= 4 is 44.7 Å². The number of carbonyl (C=O) groups is 1. The largest absolute Gasteiger partial charge is 0.416 e. The number of sulfonamides is 1.